The molecule has 0 atom stereocenters. The Hall–Kier alpha value is -3.08. The summed E-state index contributed by atoms with van der Waals surface area (Å²) in [4.78, 5) is 26.7. The summed E-state index contributed by atoms with van der Waals surface area (Å²) in [7, 11) is 0. The number of nitrogens with zero attached hydrogens (tertiary/aromatic N) is 1. The highest BCUT2D eigenvalue weighted by atomic mass is 19.4. The second kappa shape index (κ2) is 10.7. The highest BCUT2D eigenvalue weighted by Gasteiger charge is 2.38. The molecule has 2 N–H and O–H groups in total. The fraction of sp³-hybridized carbons (Fsp3) is 0.462. The van der Waals surface area contributed by atoms with Gasteiger partial charge in [0.25, 0.3) is 5.91 Å². The number of alkyl halides is 6. The Morgan fingerprint density at radius 1 is 0.838 bits per heavy atom. The average molecular weight is 528 g/mol. The molecule has 1 saturated carbocycles. The van der Waals surface area contributed by atoms with Crippen LogP contribution in [-0.4, -0.2) is 48.4 Å². The smallest absolute Gasteiger partial charge is 0.349 e. The first kappa shape index (κ1) is 27.0. The lowest BCUT2D eigenvalue weighted by Gasteiger charge is -2.46. The Labute approximate surface area is 210 Å². The fourth-order valence-electron chi connectivity index (χ4n) is 5.03. The fourth-order valence-corrected chi connectivity index (χ4v) is 5.03. The van der Waals surface area contributed by atoms with Crippen molar-refractivity contribution in [3.05, 3.63) is 70.8 Å². The van der Waals surface area contributed by atoms with Crippen LogP contribution in [0.2, 0.25) is 0 Å². The van der Waals surface area contributed by atoms with Crippen molar-refractivity contribution < 1.29 is 35.9 Å². The van der Waals surface area contributed by atoms with Gasteiger partial charge < -0.3 is 10.6 Å². The first-order valence-corrected chi connectivity index (χ1v) is 12.1. The lowest BCUT2D eigenvalue weighted by Crippen LogP contribution is -2.63. The van der Waals surface area contributed by atoms with Gasteiger partial charge in [-0.15, -0.1) is 0 Å². The molecule has 0 spiro atoms. The Bertz CT molecular complexity index is 1070. The number of carbonyl (C=O) groups excluding carboxylic acids is 2. The minimum atomic E-state index is -5.06. The zero-order valence-electron chi connectivity index (χ0n) is 19.8. The van der Waals surface area contributed by atoms with Crippen molar-refractivity contribution in [1.29, 1.82) is 0 Å². The van der Waals surface area contributed by atoms with Crippen LogP contribution in [0.5, 0.6) is 0 Å². The maximum absolute atomic E-state index is 13.0. The van der Waals surface area contributed by atoms with Crippen LogP contribution in [-0.2, 0) is 17.1 Å². The molecule has 1 saturated heterocycles. The van der Waals surface area contributed by atoms with Gasteiger partial charge in [-0.1, -0.05) is 30.3 Å². The minimum Gasteiger partial charge on any atom is -0.349 e. The Kier molecular flexibility index (Phi) is 7.82. The van der Waals surface area contributed by atoms with Crippen molar-refractivity contribution in [2.75, 3.05) is 19.6 Å². The van der Waals surface area contributed by atoms with Crippen LogP contribution in [0, 0.1) is 0 Å². The first-order chi connectivity index (χ1) is 17.4. The molecule has 0 radical (unpaired) electrons. The third-order valence-corrected chi connectivity index (χ3v) is 7.02. The van der Waals surface area contributed by atoms with Crippen molar-refractivity contribution >= 4 is 11.8 Å². The monoisotopic (exact) mass is 527 g/mol. The number of likely N-dealkylation sites (tertiary alicyclic amines) is 1. The summed E-state index contributed by atoms with van der Waals surface area (Å²) in [5, 5.41) is 4.85. The van der Waals surface area contributed by atoms with Crippen LogP contribution in [0.1, 0.15) is 58.6 Å². The largest absolute Gasteiger partial charge is 0.416 e. The number of hydrogen-bond acceptors (Lipinski definition) is 3. The van der Waals surface area contributed by atoms with Crippen LogP contribution in [0.3, 0.4) is 0 Å². The first-order valence-electron chi connectivity index (χ1n) is 12.1. The van der Waals surface area contributed by atoms with Gasteiger partial charge in [-0.05, 0) is 55.4 Å². The van der Waals surface area contributed by atoms with Gasteiger partial charge in [-0.2, -0.15) is 26.3 Å². The number of benzene rings is 2. The number of nitrogens with one attached hydrogen (secondary N) is 2. The average Bonchev–Trinajstić information content (AvgIpc) is 2.84. The minimum absolute atomic E-state index is 0.0556. The molecule has 2 fully saturated rings. The van der Waals surface area contributed by atoms with E-state index in [1.807, 2.05) is 18.2 Å². The van der Waals surface area contributed by atoms with Crippen molar-refractivity contribution in [1.82, 2.24) is 15.5 Å². The van der Waals surface area contributed by atoms with Crippen LogP contribution in [0.4, 0.5) is 26.3 Å². The summed E-state index contributed by atoms with van der Waals surface area (Å²) < 4.78 is 78.0. The zero-order chi connectivity index (χ0) is 26.8. The number of amides is 2. The second-order valence-corrected chi connectivity index (χ2v) is 9.61. The number of rotatable bonds is 6. The third-order valence-electron chi connectivity index (χ3n) is 7.02. The van der Waals surface area contributed by atoms with E-state index in [2.05, 4.69) is 27.7 Å². The van der Waals surface area contributed by atoms with Gasteiger partial charge in [0.15, 0.2) is 0 Å². The normalized spacial score (nSPS) is 21.2. The SMILES string of the molecule is O=C(CNC(=O)c1cc(C(F)(F)F)cc(C(F)(F)F)c1)NC1CN([C@H]2CC[C@@H](c3ccccc3)CC2)C1. The predicted molar refractivity (Wildman–Crippen MR) is 124 cm³/mol. The Morgan fingerprint density at radius 2 is 1.41 bits per heavy atom. The zero-order valence-corrected chi connectivity index (χ0v) is 19.8. The highest BCUT2D eigenvalue weighted by molar-refractivity contribution is 5.96. The molecule has 2 aromatic carbocycles. The van der Waals surface area contributed by atoms with E-state index in [1.165, 1.54) is 5.56 Å². The molecule has 2 aromatic rings. The van der Waals surface area contributed by atoms with Gasteiger partial charge in [0.2, 0.25) is 5.91 Å². The molecular weight excluding hydrogens is 500 g/mol. The van der Waals surface area contributed by atoms with Gasteiger partial charge in [0.1, 0.15) is 0 Å². The summed E-state index contributed by atoms with van der Waals surface area (Å²) in [5.41, 5.74) is -2.65. The number of hydrogen-bond donors (Lipinski definition) is 2. The predicted octanol–water partition coefficient (Wildman–Crippen LogP) is 4.98. The standard InChI is InChI=1S/C26H27F6N3O2/c27-25(28,29)19-10-18(11-20(12-19)26(30,31)32)24(37)33-13-23(36)34-21-14-35(15-21)22-8-6-17(7-9-22)16-4-2-1-3-5-16/h1-5,10-12,17,21-22H,6-9,13-15H2,(H,33,37)(H,34,36)/t17-,22+. The van der Waals surface area contributed by atoms with E-state index >= 15 is 0 Å². The number of halogens is 6. The summed E-state index contributed by atoms with van der Waals surface area (Å²) in [6.45, 7) is 0.751. The van der Waals surface area contributed by atoms with Crippen molar-refractivity contribution in [2.24, 2.45) is 0 Å². The van der Waals surface area contributed by atoms with Gasteiger partial charge in [0, 0.05) is 24.7 Å². The van der Waals surface area contributed by atoms with E-state index in [0.29, 0.717) is 37.2 Å². The van der Waals surface area contributed by atoms with Crippen LogP contribution >= 0.6 is 0 Å². The topological polar surface area (TPSA) is 61.4 Å². The lowest BCUT2D eigenvalue weighted by molar-refractivity contribution is -0.143. The molecule has 200 valence electrons. The molecule has 1 aliphatic heterocycles. The molecule has 0 aromatic heterocycles. The molecular formula is C26H27F6N3O2. The van der Waals surface area contributed by atoms with Crippen molar-refractivity contribution in [2.45, 2.75) is 56.0 Å². The van der Waals surface area contributed by atoms with E-state index in [-0.39, 0.29) is 12.1 Å². The quantitative estimate of drug-likeness (QED) is 0.521. The molecule has 1 aliphatic carbocycles. The third kappa shape index (κ3) is 6.82. The van der Waals surface area contributed by atoms with E-state index in [1.54, 1.807) is 0 Å². The summed E-state index contributed by atoms with van der Waals surface area (Å²) in [5.74, 6) is -1.20. The molecule has 1 heterocycles. The van der Waals surface area contributed by atoms with Crippen LogP contribution < -0.4 is 10.6 Å². The van der Waals surface area contributed by atoms with E-state index in [0.717, 1.165) is 25.7 Å². The van der Waals surface area contributed by atoms with Gasteiger partial charge in [0.05, 0.1) is 23.7 Å². The van der Waals surface area contributed by atoms with Crippen molar-refractivity contribution in [3.63, 3.8) is 0 Å². The van der Waals surface area contributed by atoms with Crippen LogP contribution in [0.25, 0.3) is 0 Å². The maximum atomic E-state index is 13.0. The van der Waals surface area contributed by atoms with Gasteiger partial charge in [-0.3, -0.25) is 14.5 Å². The van der Waals surface area contributed by atoms with E-state index in [4.69, 9.17) is 0 Å². The highest BCUT2D eigenvalue weighted by Crippen LogP contribution is 2.37. The summed E-state index contributed by atoms with van der Waals surface area (Å²) in [6, 6.07) is 11.3. The number of carbonyl (C=O) groups is 2. The Balaban J connectivity index is 1.22. The van der Waals surface area contributed by atoms with Gasteiger partial charge in [-0.25, -0.2) is 0 Å². The lowest BCUT2D eigenvalue weighted by atomic mass is 9.80. The molecule has 2 amide bonds. The molecule has 2 aliphatic rings. The van der Waals surface area contributed by atoms with Gasteiger partial charge >= 0.3 is 12.4 Å². The maximum Gasteiger partial charge on any atom is 0.416 e. The molecule has 11 heteroatoms. The summed E-state index contributed by atoms with van der Waals surface area (Å²) >= 11 is 0. The molecule has 5 nitrogen and oxygen atoms in total. The van der Waals surface area contributed by atoms with E-state index < -0.39 is 47.4 Å². The van der Waals surface area contributed by atoms with E-state index in [9.17, 15) is 35.9 Å². The molecule has 4 rings (SSSR count). The molecule has 0 bridgehead atoms. The molecule has 0 unspecified atom stereocenters. The molecule has 37 heavy (non-hydrogen) atoms. The second-order valence-electron chi connectivity index (χ2n) is 9.61. The summed E-state index contributed by atoms with van der Waals surface area (Å²) in [6.07, 6.45) is -5.81. The van der Waals surface area contributed by atoms with Crippen LogP contribution in [0.15, 0.2) is 48.5 Å². The Morgan fingerprint density at radius 3 is 1.95 bits per heavy atom. The van der Waals surface area contributed by atoms with Crippen molar-refractivity contribution in [3.8, 4) is 0 Å².